The standard InChI is InChI=1S/C16H15Cl3Si/c1-13(14-8-4-2-5-9-14)12-16(20(17,18)19)15-10-6-3-7-11-15/h2-11,16H,1,12H2. The van der Waals surface area contributed by atoms with Crippen molar-refractivity contribution >= 4 is 44.8 Å². The Balaban J connectivity index is 2.24. The van der Waals surface area contributed by atoms with E-state index in [0.29, 0.717) is 6.42 Å². The molecule has 0 heterocycles. The number of hydrogen-bond acceptors (Lipinski definition) is 0. The summed E-state index contributed by atoms with van der Waals surface area (Å²) in [4.78, 5) is 0. The molecule has 20 heavy (non-hydrogen) atoms. The smallest absolute Gasteiger partial charge is 0.125 e. The summed E-state index contributed by atoms with van der Waals surface area (Å²) in [7, 11) is 0. The van der Waals surface area contributed by atoms with E-state index in [2.05, 4.69) is 6.58 Å². The Bertz CT molecular complexity index is 561. The van der Waals surface area contributed by atoms with E-state index in [1.54, 1.807) is 0 Å². The van der Waals surface area contributed by atoms with E-state index in [9.17, 15) is 0 Å². The number of allylic oxidation sites excluding steroid dienone is 1. The number of rotatable bonds is 5. The Morgan fingerprint density at radius 3 is 1.90 bits per heavy atom. The van der Waals surface area contributed by atoms with E-state index in [1.165, 1.54) is 0 Å². The van der Waals surface area contributed by atoms with Crippen molar-refractivity contribution in [2.45, 2.75) is 12.0 Å². The molecule has 0 fully saturated rings. The van der Waals surface area contributed by atoms with Gasteiger partial charge in [0.2, 0.25) is 0 Å². The van der Waals surface area contributed by atoms with E-state index >= 15 is 0 Å². The van der Waals surface area contributed by atoms with Crippen LogP contribution in [0.4, 0.5) is 0 Å². The van der Waals surface area contributed by atoms with Gasteiger partial charge in [0, 0.05) is 5.54 Å². The highest BCUT2D eigenvalue weighted by Crippen LogP contribution is 2.42. The van der Waals surface area contributed by atoms with E-state index < -0.39 is 6.00 Å². The van der Waals surface area contributed by atoms with Gasteiger partial charge >= 0.3 is 6.00 Å². The quantitative estimate of drug-likeness (QED) is 0.457. The van der Waals surface area contributed by atoms with Crippen LogP contribution in [0.5, 0.6) is 0 Å². The maximum absolute atomic E-state index is 6.29. The molecule has 0 aliphatic carbocycles. The van der Waals surface area contributed by atoms with Crippen LogP contribution in [-0.4, -0.2) is 6.00 Å². The van der Waals surface area contributed by atoms with E-state index in [1.807, 2.05) is 60.7 Å². The second kappa shape index (κ2) is 6.82. The third-order valence-corrected chi connectivity index (χ3v) is 6.93. The first-order valence-electron chi connectivity index (χ1n) is 6.33. The van der Waals surface area contributed by atoms with Gasteiger partial charge in [0.15, 0.2) is 0 Å². The van der Waals surface area contributed by atoms with Crippen LogP contribution < -0.4 is 0 Å². The molecule has 0 bridgehead atoms. The SMILES string of the molecule is C=C(CC(c1ccccc1)[Si](Cl)(Cl)Cl)c1ccccc1. The average Bonchev–Trinajstić information content (AvgIpc) is 2.45. The molecule has 0 aliphatic heterocycles. The van der Waals surface area contributed by atoms with Crippen LogP contribution in [0.1, 0.15) is 23.1 Å². The monoisotopic (exact) mass is 340 g/mol. The van der Waals surface area contributed by atoms with Crippen molar-refractivity contribution in [3.63, 3.8) is 0 Å². The third-order valence-electron chi connectivity index (χ3n) is 3.23. The highest BCUT2D eigenvalue weighted by molar-refractivity contribution is 7.65. The van der Waals surface area contributed by atoms with Gasteiger partial charge in [0.25, 0.3) is 0 Å². The molecule has 1 atom stereocenters. The van der Waals surface area contributed by atoms with Crippen molar-refractivity contribution in [2.75, 3.05) is 0 Å². The summed E-state index contributed by atoms with van der Waals surface area (Å²) < 4.78 is 0. The molecule has 1 unspecified atom stereocenters. The van der Waals surface area contributed by atoms with Crippen LogP contribution in [0.2, 0.25) is 0 Å². The van der Waals surface area contributed by atoms with Crippen molar-refractivity contribution < 1.29 is 0 Å². The molecule has 0 saturated carbocycles. The zero-order chi connectivity index (χ0) is 14.6. The van der Waals surface area contributed by atoms with E-state index in [-0.39, 0.29) is 5.54 Å². The molecule has 0 amide bonds. The highest BCUT2D eigenvalue weighted by atomic mass is 35.8. The van der Waals surface area contributed by atoms with Gasteiger partial charge in [-0.3, -0.25) is 0 Å². The van der Waals surface area contributed by atoms with E-state index in [0.717, 1.165) is 16.7 Å². The van der Waals surface area contributed by atoms with Crippen LogP contribution in [0.3, 0.4) is 0 Å². The van der Waals surface area contributed by atoms with Gasteiger partial charge in [-0.25, -0.2) is 0 Å². The normalized spacial score (nSPS) is 12.9. The maximum Gasteiger partial charge on any atom is 0.348 e. The first-order valence-corrected chi connectivity index (χ1v) is 11.4. The van der Waals surface area contributed by atoms with Crippen LogP contribution in [0.25, 0.3) is 5.57 Å². The molecule has 0 aliphatic rings. The first-order chi connectivity index (χ1) is 9.48. The molecule has 0 aromatic heterocycles. The number of halogens is 3. The van der Waals surface area contributed by atoms with Gasteiger partial charge in [-0.05, 0) is 23.1 Å². The van der Waals surface area contributed by atoms with Crippen molar-refractivity contribution in [3.05, 3.63) is 78.4 Å². The molecule has 0 nitrogen and oxygen atoms in total. The minimum Gasteiger partial charge on any atom is -0.125 e. The minimum atomic E-state index is -2.87. The molecule has 4 heteroatoms. The summed E-state index contributed by atoms with van der Waals surface area (Å²) in [6.07, 6.45) is 0.663. The Labute approximate surface area is 135 Å². The molecule has 2 aromatic carbocycles. The topological polar surface area (TPSA) is 0 Å². The van der Waals surface area contributed by atoms with Crippen molar-refractivity contribution in [1.29, 1.82) is 0 Å². The fourth-order valence-electron chi connectivity index (χ4n) is 2.15. The predicted octanol–water partition coefficient (Wildman–Crippen LogP) is 6.07. The van der Waals surface area contributed by atoms with Crippen molar-refractivity contribution in [3.8, 4) is 0 Å². The molecule has 0 spiro atoms. The van der Waals surface area contributed by atoms with Gasteiger partial charge in [-0.15, -0.1) is 33.2 Å². The first kappa shape index (κ1) is 15.7. The lowest BCUT2D eigenvalue weighted by atomic mass is 9.99. The van der Waals surface area contributed by atoms with Crippen LogP contribution >= 0.6 is 33.2 Å². The largest absolute Gasteiger partial charge is 0.348 e. The molecule has 0 saturated heterocycles. The summed E-state index contributed by atoms with van der Waals surface area (Å²) in [5.41, 5.74) is 3.08. The lowest BCUT2D eigenvalue weighted by molar-refractivity contribution is 0.958. The summed E-state index contributed by atoms with van der Waals surface area (Å²) >= 11 is 18.9. The maximum atomic E-state index is 6.29. The van der Waals surface area contributed by atoms with Gasteiger partial charge < -0.3 is 0 Å². The van der Waals surface area contributed by atoms with Crippen molar-refractivity contribution in [2.24, 2.45) is 0 Å². The van der Waals surface area contributed by atoms with Crippen molar-refractivity contribution in [1.82, 2.24) is 0 Å². The van der Waals surface area contributed by atoms with Gasteiger partial charge in [0.1, 0.15) is 0 Å². The second-order valence-corrected chi connectivity index (χ2v) is 13.6. The third kappa shape index (κ3) is 4.13. The highest BCUT2D eigenvalue weighted by Gasteiger charge is 2.38. The molecule has 0 N–H and O–H groups in total. The predicted molar refractivity (Wildman–Crippen MR) is 92.6 cm³/mol. The number of hydrogen-bond donors (Lipinski definition) is 0. The van der Waals surface area contributed by atoms with Crippen LogP contribution in [0.15, 0.2) is 67.2 Å². The van der Waals surface area contributed by atoms with Gasteiger partial charge in [-0.2, -0.15) is 0 Å². The Kier molecular flexibility index (Phi) is 5.33. The fraction of sp³-hybridized carbons (Fsp3) is 0.125. The summed E-state index contributed by atoms with van der Waals surface area (Å²) in [6, 6.07) is 17.1. The molecular weight excluding hydrogens is 327 g/mol. The number of benzene rings is 2. The molecule has 104 valence electrons. The Morgan fingerprint density at radius 1 is 0.900 bits per heavy atom. The summed E-state index contributed by atoms with van der Waals surface area (Å²) in [6.45, 7) is 4.15. The molecule has 2 rings (SSSR count). The average molecular weight is 342 g/mol. The summed E-state index contributed by atoms with van der Waals surface area (Å²) in [5.74, 6) is 0. The molecule has 0 radical (unpaired) electrons. The molecule has 2 aromatic rings. The zero-order valence-corrected chi connectivity index (χ0v) is 14.2. The summed E-state index contributed by atoms with van der Waals surface area (Å²) in [5, 5.41) is 0. The van der Waals surface area contributed by atoms with Crippen LogP contribution in [-0.2, 0) is 0 Å². The minimum absolute atomic E-state index is 0.0820. The van der Waals surface area contributed by atoms with E-state index in [4.69, 9.17) is 33.2 Å². The molecular formula is C16H15Cl3Si. The van der Waals surface area contributed by atoms with Crippen LogP contribution in [0, 0.1) is 0 Å². The fourth-order valence-corrected chi connectivity index (χ4v) is 5.02. The zero-order valence-electron chi connectivity index (χ0n) is 10.9. The van der Waals surface area contributed by atoms with Gasteiger partial charge in [-0.1, -0.05) is 67.2 Å². The van der Waals surface area contributed by atoms with Gasteiger partial charge in [0.05, 0.1) is 0 Å². The lowest BCUT2D eigenvalue weighted by Gasteiger charge is -2.23. The Hall–Kier alpha value is -0.733. The second-order valence-electron chi connectivity index (χ2n) is 4.68. The Morgan fingerprint density at radius 2 is 1.40 bits per heavy atom. The lowest BCUT2D eigenvalue weighted by Crippen LogP contribution is -2.23.